The fraction of sp³-hybridized carbons (Fsp3) is 0.579. The number of hydrogen-bond donors (Lipinski definition) is 0. The molecule has 0 radical (unpaired) electrons. The minimum Gasteiger partial charge on any atom is -0.452 e. The lowest BCUT2D eigenvalue weighted by Crippen LogP contribution is -2.39. The highest BCUT2D eigenvalue weighted by molar-refractivity contribution is 5.91. The summed E-state index contributed by atoms with van der Waals surface area (Å²) in [6.45, 7) is 9.78. The summed E-state index contributed by atoms with van der Waals surface area (Å²) in [5.41, 5.74) is 1.32. The van der Waals surface area contributed by atoms with Gasteiger partial charge in [-0.3, -0.25) is 4.79 Å². The summed E-state index contributed by atoms with van der Waals surface area (Å²) in [6, 6.07) is 7.04. The van der Waals surface area contributed by atoms with E-state index in [1.54, 1.807) is 30.2 Å². The van der Waals surface area contributed by atoms with Crippen molar-refractivity contribution in [2.75, 3.05) is 26.8 Å². The van der Waals surface area contributed by atoms with Crippen LogP contribution in [-0.4, -0.2) is 43.6 Å². The molecule has 0 aliphatic carbocycles. The Bertz CT molecular complexity index is 530. The zero-order chi connectivity index (χ0) is 18.1. The van der Waals surface area contributed by atoms with Crippen molar-refractivity contribution in [3.63, 3.8) is 0 Å². The first-order valence-corrected chi connectivity index (χ1v) is 8.36. The zero-order valence-electron chi connectivity index (χ0n) is 15.4. The molecule has 24 heavy (non-hydrogen) atoms. The molecule has 0 aromatic heterocycles. The maximum atomic E-state index is 12.3. The zero-order valence-corrected chi connectivity index (χ0v) is 15.4. The summed E-state index contributed by atoms with van der Waals surface area (Å²) < 4.78 is 10.2. The first-order valence-electron chi connectivity index (χ1n) is 8.36. The first kappa shape index (κ1) is 20.2. The smallest absolute Gasteiger partial charge is 0.338 e. The summed E-state index contributed by atoms with van der Waals surface area (Å²) in [4.78, 5) is 26.3. The number of carbonyl (C=O) groups is 2. The molecule has 0 saturated heterocycles. The molecule has 5 heteroatoms. The van der Waals surface area contributed by atoms with E-state index in [-0.39, 0.29) is 12.5 Å². The monoisotopic (exact) mass is 335 g/mol. The van der Waals surface area contributed by atoms with Crippen molar-refractivity contribution in [2.45, 2.75) is 34.3 Å². The van der Waals surface area contributed by atoms with Crippen LogP contribution in [0.15, 0.2) is 24.3 Å². The van der Waals surface area contributed by atoms with Gasteiger partial charge in [-0.1, -0.05) is 39.8 Å². The van der Waals surface area contributed by atoms with E-state index in [9.17, 15) is 9.59 Å². The molecule has 0 heterocycles. The molecule has 0 fully saturated rings. The number of hydrogen-bond acceptors (Lipinski definition) is 4. The van der Waals surface area contributed by atoms with Crippen LogP contribution in [0.1, 0.15) is 43.6 Å². The summed E-state index contributed by atoms with van der Waals surface area (Å²) >= 11 is 0. The van der Waals surface area contributed by atoms with Crippen LogP contribution in [0, 0.1) is 11.8 Å². The number of esters is 1. The molecule has 5 nitrogen and oxygen atoms in total. The number of nitrogens with zero attached hydrogens (tertiary/aromatic N) is 1. The van der Waals surface area contributed by atoms with Crippen molar-refractivity contribution < 1.29 is 19.1 Å². The van der Waals surface area contributed by atoms with Crippen molar-refractivity contribution in [2.24, 2.45) is 11.8 Å². The standard InChI is InChI=1S/C19H29NO4/c1-14(2)10-20(11-15(3)4)18(21)13-24-19(22)17-8-6-7-16(9-17)12-23-5/h6-9,14-15H,10-13H2,1-5H3. The van der Waals surface area contributed by atoms with Gasteiger partial charge in [-0.15, -0.1) is 0 Å². The predicted molar refractivity (Wildman–Crippen MR) is 93.7 cm³/mol. The van der Waals surface area contributed by atoms with Gasteiger partial charge in [-0.25, -0.2) is 4.79 Å². The van der Waals surface area contributed by atoms with Crippen molar-refractivity contribution in [3.05, 3.63) is 35.4 Å². The van der Waals surface area contributed by atoms with E-state index in [4.69, 9.17) is 9.47 Å². The van der Waals surface area contributed by atoms with Crippen molar-refractivity contribution >= 4 is 11.9 Å². The molecule has 0 unspecified atom stereocenters. The third-order valence-electron chi connectivity index (χ3n) is 3.32. The van der Waals surface area contributed by atoms with Crippen LogP contribution >= 0.6 is 0 Å². The Hall–Kier alpha value is -1.88. The Morgan fingerprint density at radius 1 is 1.08 bits per heavy atom. The van der Waals surface area contributed by atoms with Crippen molar-refractivity contribution in [1.82, 2.24) is 4.90 Å². The second-order valence-electron chi connectivity index (χ2n) is 6.80. The molecule has 1 rings (SSSR count). The fourth-order valence-corrected chi connectivity index (χ4v) is 2.42. The van der Waals surface area contributed by atoms with Crippen LogP contribution in [0.4, 0.5) is 0 Å². The fourth-order valence-electron chi connectivity index (χ4n) is 2.42. The maximum absolute atomic E-state index is 12.3. The molecular weight excluding hydrogens is 306 g/mol. The summed E-state index contributed by atoms with van der Waals surface area (Å²) in [7, 11) is 1.60. The number of ether oxygens (including phenoxy) is 2. The third kappa shape index (κ3) is 7.13. The number of methoxy groups -OCH3 is 1. The molecule has 1 amide bonds. The van der Waals surface area contributed by atoms with Gasteiger partial charge in [-0.2, -0.15) is 0 Å². The van der Waals surface area contributed by atoms with Gasteiger partial charge < -0.3 is 14.4 Å². The van der Waals surface area contributed by atoms with Crippen LogP contribution in [-0.2, 0) is 20.9 Å². The summed E-state index contributed by atoms with van der Waals surface area (Å²) in [6.07, 6.45) is 0. The van der Waals surface area contributed by atoms with Gasteiger partial charge in [-0.05, 0) is 29.5 Å². The lowest BCUT2D eigenvalue weighted by atomic mass is 10.1. The third-order valence-corrected chi connectivity index (χ3v) is 3.32. The Morgan fingerprint density at radius 2 is 1.71 bits per heavy atom. The van der Waals surface area contributed by atoms with Crippen LogP contribution in [0.25, 0.3) is 0 Å². The quantitative estimate of drug-likeness (QED) is 0.651. The van der Waals surface area contributed by atoms with E-state index in [1.165, 1.54) is 0 Å². The van der Waals surface area contributed by atoms with Crippen LogP contribution in [0.3, 0.4) is 0 Å². The Balaban J connectivity index is 2.63. The van der Waals surface area contributed by atoms with E-state index in [0.717, 1.165) is 5.56 Å². The number of carbonyl (C=O) groups excluding carboxylic acids is 2. The normalized spacial score (nSPS) is 11.0. The molecule has 1 aromatic rings. The Kier molecular flexibility index (Phi) is 8.47. The molecular formula is C19H29NO4. The lowest BCUT2D eigenvalue weighted by Gasteiger charge is -2.26. The van der Waals surface area contributed by atoms with Gasteiger partial charge in [0.1, 0.15) is 0 Å². The molecule has 0 aliphatic rings. The molecule has 1 aromatic carbocycles. The Morgan fingerprint density at radius 3 is 2.25 bits per heavy atom. The summed E-state index contributed by atoms with van der Waals surface area (Å²) in [5, 5.41) is 0. The van der Waals surface area contributed by atoms with Gasteiger partial charge in [0, 0.05) is 20.2 Å². The number of rotatable bonds is 9. The van der Waals surface area contributed by atoms with Crippen molar-refractivity contribution in [1.29, 1.82) is 0 Å². The molecule has 0 bridgehead atoms. The second-order valence-corrected chi connectivity index (χ2v) is 6.80. The molecule has 0 aliphatic heterocycles. The lowest BCUT2D eigenvalue weighted by molar-refractivity contribution is -0.135. The van der Waals surface area contributed by atoms with Gasteiger partial charge in [0.15, 0.2) is 6.61 Å². The molecule has 0 atom stereocenters. The van der Waals surface area contributed by atoms with Gasteiger partial charge in [0.05, 0.1) is 12.2 Å². The van der Waals surface area contributed by atoms with E-state index < -0.39 is 5.97 Å². The molecule has 0 saturated carbocycles. The second kappa shape index (κ2) is 10.1. The first-order chi connectivity index (χ1) is 11.3. The largest absolute Gasteiger partial charge is 0.452 e. The Labute approximate surface area is 144 Å². The number of amides is 1. The van der Waals surface area contributed by atoms with Gasteiger partial charge in [0.25, 0.3) is 5.91 Å². The van der Waals surface area contributed by atoms with Crippen LogP contribution in [0.2, 0.25) is 0 Å². The highest BCUT2D eigenvalue weighted by atomic mass is 16.5. The topological polar surface area (TPSA) is 55.8 Å². The SMILES string of the molecule is COCc1cccc(C(=O)OCC(=O)N(CC(C)C)CC(C)C)c1. The number of benzene rings is 1. The van der Waals surface area contributed by atoms with E-state index >= 15 is 0 Å². The highest BCUT2D eigenvalue weighted by Gasteiger charge is 2.18. The molecule has 0 spiro atoms. The predicted octanol–water partition coefficient (Wildman–Crippen LogP) is 3.13. The minimum absolute atomic E-state index is 0.154. The van der Waals surface area contributed by atoms with Gasteiger partial charge >= 0.3 is 5.97 Å². The van der Waals surface area contributed by atoms with Crippen molar-refractivity contribution in [3.8, 4) is 0 Å². The minimum atomic E-state index is -0.490. The molecule has 0 N–H and O–H groups in total. The van der Waals surface area contributed by atoms with E-state index in [2.05, 4.69) is 27.7 Å². The van der Waals surface area contributed by atoms with E-state index in [1.807, 2.05) is 6.07 Å². The highest BCUT2D eigenvalue weighted by Crippen LogP contribution is 2.09. The average Bonchev–Trinajstić information content (AvgIpc) is 2.51. The summed E-state index contributed by atoms with van der Waals surface area (Å²) in [5.74, 6) is 0.0948. The van der Waals surface area contributed by atoms with E-state index in [0.29, 0.717) is 37.1 Å². The van der Waals surface area contributed by atoms with Gasteiger partial charge in [0.2, 0.25) is 0 Å². The van der Waals surface area contributed by atoms with Crippen LogP contribution in [0.5, 0.6) is 0 Å². The van der Waals surface area contributed by atoms with Crippen LogP contribution < -0.4 is 0 Å². The molecule has 134 valence electrons. The average molecular weight is 335 g/mol. The maximum Gasteiger partial charge on any atom is 0.338 e.